The Morgan fingerprint density at radius 3 is 2.38 bits per heavy atom. The van der Waals surface area contributed by atoms with E-state index in [1.807, 2.05) is 0 Å². The van der Waals surface area contributed by atoms with Gasteiger partial charge in [0.15, 0.2) is 17.3 Å². The van der Waals surface area contributed by atoms with E-state index in [2.05, 4.69) is 10.6 Å². The lowest BCUT2D eigenvalue weighted by Gasteiger charge is -2.15. The van der Waals surface area contributed by atoms with Crippen LogP contribution in [-0.4, -0.2) is 26.0 Å². The Morgan fingerprint density at radius 2 is 1.72 bits per heavy atom. The highest BCUT2D eigenvalue weighted by atomic mass is 19.1. The second kappa shape index (κ2) is 8.92. The van der Waals surface area contributed by atoms with E-state index in [-0.39, 0.29) is 23.6 Å². The molecular weight excluding hydrogens is 379 g/mol. The van der Waals surface area contributed by atoms with Crippen molar-refractivity contribution in [2.45, 2.75) is 6.54 Å². The van der Waals surface area contributed by atoms with Crippen molar-refractivity contribution in [1.29, 1.82) is 0 Å². The second-order valence-electron chi connectivity index (χ2n) is 5.96. The minimum Gasteiger partial charge on any atom is -0.493 e. The van der Waals surface area contributed by atoms with Gasteiger partial charge < -0.3 is 24.5 Å². The average molecular weight is 398 g/mol. The topological polar surface area (TPSA) is 89.8 Å². The van der Waals surface area contributed by atoms with E-state index < -0.39 is 17.6 Å². The van der Waals surface area contributed by atoms with Crippen LogP contribution in [0.5, 0.6) is 11.5 Å². The second-order valence-corrected chi connectivity index (χ2v) is 5.96. The van der Waals surface area contributed by atoms with E-state index in [0.717, 1.165) is 0 Å². The summed E-state index contributed by atoms with van der Waals surface area (Å²) >= 11 is 0. The number of benzene rings is 2. The molecular formula is C21H19FN2O5. The van der Waals surface area contributed by atoms with Crippen molar-refractivity contribution in [1.82, 2.24) is 5.32 Å². The van der Waals surface area contributed by atoms with Crippen molar-refractivity contribution in [3.8, 4) is 11.5 Å². The standard InChI is InChI=1S/C21H19FN2O5/c1-27-18-10-14(20(25)23-12-13-6-3-4-7-15(13)22)16(11-19(18)28-2)24-21(26)17-8-5-9-29-17/h3-11H,12H2,1-2H3,(H,23,25)(H,24,26). The fourth-order valence-corrected chi connectivity index (χ4v) is 2.67. The van der Waals surface area contributed by atoms with Crippen LogP contribution >= 0.6 is 0 Å². The molecule has 1 heterocycles. The van der Waals surface area contributed by atoms with E-state index in [9.17, 15) is 14.0 Å². The Bertz CT molecular complexity index is 1020. The van der Waals surface area contributed by atoms with Crippen molar-refractivity contribution in [2.24, 2.45) is 0 Å². The van der Waals surface area contributed by atoms with E-state index in [4.69, 9.17) is 13.9 Å². The van der Waals surface area contributed by atoms with Crippen molar-refractivity contribution in [3.05, 3.63) is 77.5 Å². The fraction of sp³-hybridized carbons (Fsp3) is 0.143. The summed E-state index contributed by atoms with van der Waals surface area (Å²) in [6, 6.07) is 12.1. The number of furan rings is 1. The Balaban J connectivity index is 1.89. The van der Waals surface area contributed by atoms with Crippen LogP contribution in [-0.2, 0) is 6.54 Å². The van der Waals surface area contributed by atoms with Gasteiger partial charge in [0.25, 0.3) is 11.8 Å². The first kappa shape index (κ1) is 19.9. The minimum absolute atomic E-state index is 0.0224. The Kier molecular flexibility index (Phi) is 6.13. The Hall–Kier alpha value is -3.81. The van der Waals surface area contributed by atoms with Crippen LogP contribution in [0.15, 0.2) is 59.2 Å². The zero-order chi connectivity index (χ0) is 20.8. The zero-order valence-electron chi connectivity index (χ0n) is 15.8. The van der Waals surface area contributed by atoms with Gasteiger partial charge in [-0.25, -0.2) is 4.39 Å². The number of hydrogen-bond donors (Lipinski definition) is 2. The van der Waals surface area contributed by atoms with Crippen LogP contribution in [0, 0.1) is 5.82 Å². The number of hydrogen-bond acceptors (Lipinski definition) is 5. The van der Waals surface area contributed by atoms with Crippen molar-refractivity contribution in [2.75, 3.05) is 19.5 Å². The van der Waals surface area contributed by atoms with Gasteiger partial charge >= 0.3 is 0 Å². The maximum atomic E-state index is 13.8. The summed E-state index contributed by atoms with van der Waals surface area (Å²) in [6.45, 7) is -0.0224. The van der Waals surface area contributed by atoms with Crippen molar-refractivity contribution < 1.29 is 27.9 Å². The molecule has 29 heavy (non-hydrogen) atoms. The summed E-state index contributed by atoms with van der Waals surface area (Å²) < 4.78 is 29.4. The van der Waals surface area contributed by atoms with E-state index >= 15 is 0 Å². The van der Waals surface area contributed by atoms with E-state index in [0.29, 0.717) is 17.1 Å². The number of ether oxygens (including phenoxy) is 2. The molecule has 0 radical (unpaired) electrons. The predicted octanol–water partition coefficient (Wildman–Crippen LogP) is 3.62. The quantitative estimate of drug-likeness (QED) is 0.635. The van der Waals surface area contributed by atoms with Gasteiger partial charge in [-0.05, 0) is 24.3 Å². The first-order valence-electron chi connectivity index (χ1n) is 8.66. The number of halogens is 1. The predicted molar refractivity (Wildman–Crippen MR) is 104 cm³/mol. The van der Waals surface area contributed by atoms with Crippen molar-refractivity contribution >= 4 is 17.5 Å². The summed E-state index contributed by atoms with van der Waals surface area (Å²) in [4.78, 5) is 25.2. The SMILES string of the molecule is COc1cc(NC(=O)c2ccco2)c(C(=O)NCc2ccccc2F)cc1OC. The monoisotopic (exact) mass is 398 g/mol. The van der Waals surface area contributed by atoms with E-state index in [1.165, 1.54) is 44.7 Å². The van der Waals surface area contributed by atoms with Gasteiger partial charge in [-0.15, -0.1) is 0 Å². The molecule has 0 aliphatic rings. The van der Waals surface area contributed by atoms with E-state index in [1.54, 1.807) is 24.3 Å². The number of amides is 2. The van der Waals surface area contributed by atoms with Gasteiger partial charge in [-0.2, -0.15) is 0 Å². The molecule has 0 spiro atoms. The number of methoxy groups -OCH3 is 2. The number of anilines is 1. The maximum Gasteiger partial charge on any atom is 0.291 e. The molecule has 2 N–H and O–H groups in total. The third kappa shape index (κ3) is 4.55. The number of nitrogens with one attached hydrogen (secondary N) is 2. The number of rotatable bonds is 7. The summed E-state index contributed by atoms with van der Waals surface area (Å²) in [5.41, 5.74) is 0.650. The first-order valence-corrected chi connectivity index (χ1v) is 8.66. The number of carbonyl (C=O) groups is 2. The molecule has 0 saturated carbocycles. The largest absolute Gasteiger partial charge is 0.493 e. The molecule has 0 bridgehead atoms. The highest BCUT2D eigenvalue weighted by molar-refractivity contribution is 6.08. The van der Waals surface area contributed by atoms with Gasteiger partial charge in [0.2, 0.25) is 0 Å². The highest BCUT2D eigenvalue weighted by Crippen LogP contribution is 2.33. The molecule has 3 rings (SSSR count). The molecule has 1 aromatic heterocycles. The average Bonchev–Trinajstić information content (AvgIpc) is 3.27. The molecule has 3 aromatic rings. The molecule has 8 heteroatoms. The minimum atomic E-state index is -0.537. The summed E-state index contributed by atoms with van der Waals surface area (Å²) in [6.07, 6.45) is 1.37. The molecule has 150 valence electrons. The molecule has 0 saturated heterocycles. The molecule has 0 aliphatic heterocycles. The van der Waals surface area contributed by atoms with Gasteiger partial charge in [0.05, 0.1) is 31.7 Å². The highest BCUT2D eigenvalue weighted by Gasteiger charge is 2.20. The van der Waals surface area contributed by atoms with Crippen LogP contribution in [0.2, 0.25) is 0 Å². The van der Waals surface area contributed by atoms with Crippen LogP contribution in [0.4, 0.5) is 10.1 Å². The Morgan fingerprint density at radius 1 is 1.00 bits per heavy atom. The molecule has 0 fully saturated rings. The van der Waals surface area contributed by atoms with Crippen LogP contribution in [0.25, 0.3) is 0 Å². The third-order valence-electron chi connectivity index (χ3n) is 4.16. The zero-order valence-corrected chi connectivity index (χ0v) is 15.8. The van der Waals surface area contributed by atoms with Gasteiger partial charge in [0, 0.05) is 18.2 Å². The Labute approximate surface area is 166 Å². The lowest BCUT2D eigenvalue weighted by atomic mass is 10.1. The fourth-order valence-electron chi connectivity index (χ4n) is 2.67. The first-order chi connectivity index (χ1) is 14.0. The summed E-state index contributed by atoms with van der Waals surface area (Å²) in [5.74, 6) is -0.772. The normalized spacial score (nSPS) is 10.3. The third-order valence-corrected chi connectivity index (χ3v) is 4.16. The van der Waals surface area contributed by atoms with Crippen LogP contribution in [0.1, 0.15) is 26.5 Å². The van der Waals surface area contributed by atoms with Crippen LogP contribution in [0.3, 0.4) is 0 Å². The number of carbonyl (C=O) groups excluding carboxylic acids is 2. The maximum absolute atomic E-state index is 13.8. The molecule has 0 atom stereocenters. The summed E-state index contributed by atoms with van der Waals surface area (Å²) in [7, 11) is 2.87. The molecule has 0 aliphatic carbocycles. The van der Waals surface area contributed by atoms with Crippen LogP contribution < -0.4 is 20.1 Å². The molecule has 2 aromatic carbocycles. The smallest absolute Gasteiger partial charge is 0.291 e. The van der Waals surface area contributed by atoms with Gasteiger partial charge in [-0.1, -0.05) is 18.2 Å². The lowest BCUT2D eigenvalue weighted by Crippen LogP contribution is -2.25. The molecule has 2 amide bonds. The molecule has 7 nitrogen and oxygen atoms in total. The molecule has 0 unspecified atom stereocenters. The lowest BCUT2D eigenvalue weighted by molar-refractivity contribution is 0.0951. The van der Waals surface area contributed by atoms with Crippen molar-refractivity contribution in [3.63, 3.8) is 0 Å². The van der Waals surface area contributed by atoms with Gasteiger partial charge in [-0.3, -0.25) is 9.59 Å². The summed E-state index contributed by atoms with van der Waals surface area (Å²) in [5, 5.41) is 5.27. The van der Waals surface area contributed by atoms with Gasteiger partial charge in [0.1, 0.15) is 5.82 Å².